The number of hydrogen-bond donors (Lipinski definition) is 1. The lowest BCUT2D eigenvalue weighted by atomic mass is 10.2. The molecule has 0 spiro atoms. The second-order valence-corrected chi connectivity index (χ2v) is 3.22. The van der Waals surface area contributed by atoms with Gasteiger partial charge in [0.2, 0.25) is 5.91 Å². The van der Waals surface area contributed by atoms with Gasteiger partial charge < -0.3 is 10.1 Å². The lowest BCUT2D eigenvalue weighted by Crippen LogP contribution is -2.24. The first-order chi connectivity index (χ1) is 7.26. The second kappa shape index (κ2) is 6.14. The van der Waals surface area contributed by atoms with E-state index in [9.17, 15) is 4.79 Å². The quantitative estimate of drug-likeness (QED) is 0.782. The number of carbonyl (C=O) groups excluding carboxylic acids is 1. The fourth-order valence-electron chi connectivity index (χ4n) is 1.31. The summed E-state index contributed by atoms with van der Waals surface area (Å²) in [5.41, 5.74) is 1.81. The van der Waals surface area contributed by atoms with Crippen LogP contribution >= 0.6 is 0 Å². The minimum Gasteiger partial charge on any atom is -0.380 e. The first-order valence-corrected chi connectivity index (χ1v) is 4.95. The van der Waals surface area contributed by atoms with Gasteiger partial charge in [-0.3, -0.25) is 9.78 Å². The van der Waals surface area contributed by atoms with Gasteiger partial charge in [0, 0.05) is 19.9 Å². The fourth-order valence-corrected chi connectivity index (χ4v) is 1.31. The molecule has 0 saturated heterocycles. The average molecular weight is 208 g/mol. The number of likely N-dealkylation sites (N-methyl/N-ethyl adjacent to an activating group) is 1. The van der Waals surface area contributed by atoms with Crippen LogP contribution in [0, 0.1) is 0 Å². The van der Waals surface area contributed by atoms with Gasteiger partial charge in [-0.15, -0.1) is 0 Å². The minimum absolute atomic E-state index is 0.000401. The topological polar surface area (TPSA) is 51.2 Å². The Morgan fingerprint density at radius 3 is 3.07 bits per heavy atom. The highest BCUT2D eigenvalue weighted by molar-refractivity contribution is 5.78. The Morgan fingerprint density at radius 1 is 1.60 bits per heavy atom. The van der Waals surface area contributed by atoms with Crippen LogP contribution in [0.25, 0.3) is 0 Å². The summed E-state index contributed by atoms with van der Waals surface area (Å²) in [7, 11) is 1.64. The highest BCUT2D eigenvalue weighted by Crippen LogP contribution is 2.03. The Hall–Kier alpha value is -1.42. The van der Waals surface area contributed by atoms with Crippen LogP contribution in [0.3, 0.4) is 0 Å². The smallest absolute Gasteiger partial charge is 0.226 e. The summed E-state index contributed by atoms with van der Waals surface area (Å²) in [4.78, 5) is 15.4. The maximum atomic E-state index is 11.3. The number of ether oxygens (including phenoxy) is 1. The molecule has 1 heterocycles. The highest BCUT2D eigenvalue weighted by atomic mass is 16.5. The van der Waals surface area contributed by atoms with Crippen LogP contribution in [0.15, 0.2) is 18.3 Å². The van der Waals surface area contributed by atoms with Crippen molar-refractivity contribution in [1.29, 1.82) is 0 Å². The van der Waals surface area contributed by atoms with Crippen molar-refractivity contribution in [2.24, 2.45) is 0 Å². The molecule has 0 aromatic carbocycles. The summed E-state index contributed by atoms with van der Waals surface area (Å²) in [5, 5.41) is 2.74. The number of pyridine rings is 1. The number of methoxy groups -OCH3 is 1. The van der Waals surface area contributed by atoms with Crippen molar-refractivity contribution in [2.75, 3.05) is 13.7 Å². The van der Waals surface area contributed by atoms with E-state index in [1.54, 1.807) is 13.3 Å². The van der Waals surface area contributed by atoms with Gasteiger partial charge in [0.25, 0.3) is 0 Å². The van der Waals surface area contributed by atoms with Crippen LogP contribution in [-0.2, 0) is 22.6 Å². The van der Waals surface area contributed by atoms with E-state index >= 15 is 0 Å². The van der Waals surface area contributed by atoms with Gasteiger partial charge in [-0.1, -0.05) is 0 Å². The Labute approximate surface area is 89.7 Å². The summed E-state index contributed by atoms with van der Waals surface area (Å²) >= 11 is 0. The summed E-state index contributed by atoms with van der Waals surface area (Å²) < 4.78 is 5.01. The first-order valence-electron chi connectivity index (χ1n) is 4.95. The number of carbonyl (C=O) groups is 1. The van der Waals surface area contributed by atoms with E-state index in [1.165, 1.54) is 0 Å². The molecule has 4 heteroatoms. The average Bonchev–Trinajstić information content (AvgIpc) is 2.19. The van der Waals surface area contributed by atoms with Gasteiger partial charge in [0.1, 0.15) is 0 Å². The van der Waals surface area contributed by atoms with Crippen LogP contribution in [0.2, 0.25) is 0 Å². The van der Waals surface area contributed by atoms with Crippen molar-refractivity contribution >= 4 is 5.91 Å². The third kappa shape index (κ3) is 4.08. The third-order valence-corrected chi connectivity index (χ3v) is 1.91. The molecular weight excluding hydrogens is 192 g/mol. The molecule has 1 aromatic heterocycles. The van der Waals surface area contributed by atoms with Gasteiger partial charge in [0.15, 0.2) is 0 Å². The van der Waals surface area contributed by atoms with Crippen molar-refractivity contribution in [3.05, 3.63) is 29.6 Å². The van der Waals surface area contributed by atoms with Gasteiger partial charge in [-0.25, -0.2) is 0 Å². The lowest BCUT2D eigenvalue weighted by Gasteiger charge is -2.04. The Bertz CT molecular complexity index is 326. The third-order valence-electron chi connectivity index (χ3n) is 1.91. The van der Waals surface area contributed by atoms with E-state index in [0.29, 0.717) is 19.6 Å². The summed E-state index contributed by atoms with van der Waals surface area (Å²) in [6.07, 6.45) is 2.02. The van der Waals surface area contributed by atoms with Crippen LogP contribution in [0.5, 0.6) is 0 Å². The highest BCUT2D eigenvalue weighted by Gasteiger charge is 2.03. The predicted octanol–water partition coefficient (Wildman–Crippen LogP) is 0.907. The van der Waals surface area contributed by atoms with E-state index in [2.05, 4.69) is 10.3 Å². The second-order valence-electron chi connectivity index (χ2n) is 3.22. The summed E-state index contributed by atoms with van der Waals surface area (Å²) in [6.45, 7) is 3.09. The number of rotatable bonds is 5. The largest absolute Gasteiger partial charge is 0.380 e. The molecule has 0 bridgehead atoms. The molecule has 1 N–H and O–H groups in total. The van der Waals surface area contributed by atoms with Gasteiger partial charge in [-0.05, 0) is 24.6 Å². The van der Waals surface area contributed by atoms with Gasteiger partial charge in [-0.2, -0.15) is 0 Å². The van der Waals surface area contributed by atoms with E-state index < -0.39 is 0 Å². The maximum Gasteiger partial charge on any atom is 0.226 e. The zero-order chi connectivity index (χ0) is 11.1. The molecule has 0 aliphatic carbocycles. The Morgan fingerprint density at radius 2 is 2.40 bits per heavy atom. The number of aromatic nitrogens is 1. The molecule has 4 nitrogen and oxygen atoms in total. The maximum absolute atomic E-state index is 11.3. The summed E-state index contributed by atoms with van der Waals surface area (Å²) in [6, 6.07) is 3.77. The molecule has 15 heavy (non-hydrogen) atoms. The monoisotopic (exact) mass is 208 g/mol. The number of nitrogens with zero attached hydrogens (tertiary/aromatic N) is 1. The van der Waals surface area contributed by atoms with Gasteiger partial charge >= 0.3 is 0 Å². The van der Waals surface area contributed by atoms with Crippen LogP contribution in [0.4, 0.5) is 0 Å². The van der Waals surface area contributed by atoms with E-state index in [-0.39, 0.29) is 5.91 Å². The zero-order valence-corrected chi connectivity index (χ0v) is 9.12. The zero-order valence-electron chi connectivity index (χ0n) is 9.12. The number of hydrogen-bond acceptors (Lipinski definition) is 3. The molecule has 0 radical (unpaired) electrons. The molecule has 0 aliphatic heterocycles. The fraction of sp³-hybridized carbons (Fsp3) is 0.455. The molecule has 0 fully saturated rings. The van der Waals surface area contributed by atoms with Crippen molar-refractivity contribution in [1.82, 2.24) is 10.3 Å². The predicted molar refractivity (Wildman–Crippen MR) is 57.3 cm³/mol. The van der Waals surface area contributed by atoms with Crippen molar-refractivity contribution in [3.8, 4) is 0 Å². The van der Waals surface area contributed by atoms with E-state index in [0.717, 1.165) is 11.3 Å². The Kier molecular flexibility index (Phi) is 4.77. The van der Waals surface area contributed by atoms with E-state index in [1.807, 2.05) is 19.1 Å². The van der Waals surface area contributed by atoms with Crippen LogP contribution < -0.4 is 5.32 Å². The van der Waals surface area contributed by atoms with E-state index in [4.69, 9.17) is 4.74 Å². The van der Waals surface area contributed by atoms with Crippen LogP contribution in [-0.4, -0.2) is 24.5 Å². The molecule has 82 valence electrons. The molecule has 0 unspecified atom stereocenters. The molecule has 1 aromatic rings. The minimum atomic E-state index is -0.000401. The molecule has 1 amide bonds. The molecule has 0 saturated carbocycles. The SMILES string of the molecule is CCNC(=O)Cc1cc(COC)ccn1. The normalized spacial score (nSPS) is 10.0. The standard InChI is InChI=1S/C11H16N2O2/c1-3-12-11(14)7-10-6-9(8-15-2)4-5-13-10/h4-6H,3,7-8H2,1-2H3,(H,12,14). The van der Waals surface area contributed by atoms with Crippen molar-refractivity contribution in [2.45, 2.75) is 20.0 Å². The molecular formula is C11H16N2O2. The van der Waals surface area contributed by atoms with Gasteiger partial charge in [0.05, 0.1) is 18.7 Å². The molecule has 0 aliphatic rings. The van der Waals surface area contributed by atoms with Crippen molar-refractivity contribution in [3.63, 3.8) is 0 Å². The molecule has 0 atom stereocenters. The first kappa shape index (κ1) is 11.7. The summed E-state index contributed by atoms with van der Waals surface area (Å²) in [5.74, 6) is -0.000401. The number of amides is 1. The van der Waals surface area contributed by atoms with Crippen LogP contribution in [0.1, 0.15) is 18.2 Å². The lowest BCUT2D eigenvalue weighted by molar-refractivity contribution is -0.120. The van der Waals surface area contributed by atoms with Crippen molar-refractivity contribution < 1.29 is 9.53 Å². The molecule has 1 rings (SSSR count). The Balaban J connectivity index is 2.60. The number of nitrogens with one attached hydrogen (secondary N) is 1.